The lowest BCUT2D eigenvalue weighted by molar-refractivity contribution is 0.0537. The zero-order valence-corrected chi connectivity index (χ0v) is 10.4. The zero-order valence-electron chi connectivity index (χ0n) is 9.63. The second-order valence-corrected chi connectivity index (χ2v) is 4.04. The van der Waals surface area contributed by atoms with Gasteiger partial charge < -0.3 is 9.47 Å². The maximum absolute atomic E-state index is 5.84. The van der Waals surface area contributed by atoms with Crippen LogP contribution in [0.2, 0.25) is 5.15 Å². The predicted molar refractivity (Wildman–Crippen MR) is 62.4 cm³/mol. The van der Waals surface area contributed by atoms with Crippen molar-refractivity contribution in [2.45, 2.75) is 20.0 Å². The van der Waals surface area contributed by atoms with E-state index in [1.807, 2.05) is 13.8 Å². The van der Waals surface area contributed by atoms with Crippen LogP contribution in [0.3, 0.4) is 0 Å². The van der Waals surface area contributed by atoms with Gasteiger partial charge in [0.1, 0.15) is 18.1 Å². The molecule has 0 N–H and O–H groups in total. The maximum Gasteiger partial charge on any atom is 0.256 e. The smallest absolute Gasteiger partial charge is 0.256 e. The van der Waals surface area contributed by atoms with Gasteiger partial charge in [-0.05, 0) is 13.8 Å². The molecule has 0 unspecified atom stereocenters. The first-order valence-corrected chi connectivity index (χ1v) is 5.65. The minimum absolute atomic E-state index is 0.186. The van der Waals surface area contributed by atoms with Crippen LogP contribution in [0, 0.1) is 0 Å². The summed E-state index contributed by atoms with van der Waals surface area (Å²) in [7, 11) is 0. The Morgan fingerprint density at radius 1 is 1.41 bits per heavy atom. The molecule has 6 nitrogen and oxygen atoms in total. The Balaban J connectivity index is 2.04. The minimum atomic E-state index is 0.186. The van der Waals surface area contributed by atoms with Gasteiger partial charge in [-0.3, -0.25) is 0 Å². The normalized spacial score (nSPS) is 11.3. The Hall–Kier alpha value is -1.40. The number of rotatable bonds is 5. The Kier molecular flexibility index (Phi) is 3.75. The highest BCUT2D eigenvalue weighted by Gasteiger charge is 2.07. The first-order chi connectivity index (χ1) is 8.16. The molecule has 2 rings (SSSR count). The number of aromatic nitrogens is 4. The van der Waals surface area contributed by atoms with Crippen molar-refractivity contribution in [3.63, 3.8) is 0 Å². The third-order valence-electron chi connectivity index (χ3n) is 1.97. The van der Waals surface area contributed by atoms with Crippen LogP contribution in [-0.4, -0.2) is 38.9 Å². The van der Waals surface area contributed by atoms with Gasteiger partial charge in [-0.1, -0.05) is 11.6 Å². The number of halogens is 1. The number of nitrogens with zero attached hydrogens (tertiary/aromatic N) is 4. The summed E-state index contributed by atoms with van der Waals surface area (Å²) in [6.45, 7) is 4.87. The van der Waals surface area contributed by atoms with Gasteiger partial charge in [-0.2, -0.15) is 19.6 Å². The zero-order chi connectivity index (χ0) is 12.3. The molecule has 92 valence electrons. The molecule has 2 aromatic rings. The molecule has 0 radical (unpaired) electrons. The highest BCUT2D eigenvalue weighted by atomic mass is 35.5. The maximum atomic E-state index is 5.84. The van der Waals surface area contributed by atoms with Crippen molar-refractivity contribution >= 4 is 17.4 Å². The summed E-state index contributed by atoms with van der Waals surface area (Å²) in [5.41, 5.74) is 0. The van der Waals surface area contributed by atoms with E-state index in [-0.39, 0.29) is 6.10 Å². The van der Waals surface area contributed by atoms with E-state index in [1.54, 1.807) is 6.07 Å². The van der Waals surface area contributed by atoms with Crippen LogP contribution in [0.1, 0.15) is 13.8 Å². The lowest BCUT2D eigenvalue weighted by atomic mass is 10.5. The minimum Gasteiger partial charge on any atom is -0.475 e. The average Bonchev–Trinajstić information content (AvgIpc) is 2.71. The first-order valence-electron chi connectivity index (χ1n) is 5.27. The Labute approximate surface area is 104 Å². The summed E-state index contributed by atoms with van der Waals surface area (Å²) in [5, 5.41) is 4.32. The highest BCUT2D eigenvalue weighted by Crippen LogP contribution is 2.16. The summed E-state index contributed by atoms with van der Waals surface area (Å²) in [5.74, 6) is 0.919. The summed E-state index contributed by atoms with van der Waals surface area (Å²) >= 11 is 5.84. The molecule has 0 bridgehead atoms. The molecule has 2 aromatic heterocycles. The summed E-state index contributed by atoms with van der Waals surface area (Å²) < 4.78 is 12.4. The Bertz CT molecular complexity index is 500. The molecule has 0 aliphatic heterocycles. The molecular formula is C10H13ClN4O2. The van der Waals surface area contributed by atoms with Gasteiger partial charge in [0, 0.05) is 6.07 Å². The summed E-state index contributed by atoms with van der Waals surface area (Å²) in [6, 6.07) is 1.60. The molecule has 2 heterocycles. The Morgan fingerprint density at radius 3 is 3.00 bits per heavy atom. The third kappa shape index (κ3) is 3.04. The van der Waals surface area contributed by atoms with E-state index in [4.69, 9.17) is 21.1 Å². The van der Waals surface area contributed by atoms with E-state index >= 15 is 0 Å². The lowest BCUT2D eigenvalue weighted by Crippen LogP contribution is -2.13. The van der Waals surface area contributed by atoms with E-state index in [2.05, 4.69) is 15.1 Å². The average molecular weight is 257 g/mol. The first kappa shape index (κ1) is 12.1. The fourth-order valence-corrected chi connectivity index (χ4v) is 1.46. The van der Waals surface area contributed by atoms with Gasteiger partial charge in [0.15, 0.2) is 0 Å². The van der Waals surface area contributed by atoms with Gasteiger partial charge >= 0.3 is 0 Å². The predicted octanol–water partition coefficient (Wildman–Crippen LogP) is 1.58. The topological polar surface area (TPSA) is 61.5 Å². The fraction of sp³-hybridized carbons (Fsp3) is 0.500. The standard InChI is InChI=1S/C10H13ClN4O2/c1-7(2)16-3-4-17-9-5-8(11)14-10-12-6-13-15(9)10/h5-7H,3-4H2,1-2H3. The van der Waals surface area contributed by atoms with Crippen molar-refractivity contribution in [2.75, 3.05) is 13.2 Å². The van der Waals surface area contributed by atoms with Crippen LogP contribution in [0.15, 0.2) is 12.4 Å². The Morgan fingerprint density at radius 2 is 2.24 bits per heavy atom. The summed E-state index contributed by atoms with van der Waals surface area (Å²) in [6.07, 6.45) is 1.59. The van der Waals surface area contributed by atoms with Crippen molar-refractivity contribution in [1.29, 1.82) is 0 Å². The number of hydrogen-bond donors (Lipinski definition) is 0. The van der Waals surface area contributed by atoms with E-state index in [1.165, 1.54) is 10.8 Å². The van der Waals surface area contributed by atoms with Crippen LogP contribution < -0.4 is 4.74 Å². The van der Waals surface area contributed by atoms with Gasteiger partial charge in [0.2, 0.25) is 5.88 Å². The third-order valence-corrected chi connectivity index (χ3v) is 2.17. The number of hydrogen-bond acceptors (Lipinski definition) is 5. The molecule has 0 spiro atoms. The molecule has 0 aromatic carbocycles. The molecule has 0 amide bonds. The highest BCUT2D eigenvalue weighted by molar-refractivity contribution is 6.29. The lowest BCUT2D eigenvalue weighted by Gasteiger charge is -2.09. The van der Waals surface area contributed by atoms with Gasteiger partial charge in [-0.25, -0.2) is 0 Å². The molecular weight excluding hydrogens is 244 g/mol. The van der Waals surface area contributed by atoms with Gasteiger partial charge in [0.05, 0.1) is 12.7 Å². The molecule has 0 aliphatic rings. The largest absolute Gasteiger partial charge is 0.475 e. The second-order valence-electron chi connectivity index (χ2n) is 3.66. The number of fused-ring (bicyclic) bond motifs is 1. The van der Waals surface area contributed by atoms with Gasteiger partial charge in [0.25, 0.3) is 5.78 Å². The van der Waals surface area contributed by atoms with Crippen molar-refractivity contribution in [3.8, 4) is 5.88 Å². The van der Waals surface area contributed by atoms with Crippen molar-refractivity contribution < 1.29 is 9.47 Å². The molecule has 0 fully saturated rings. The quantitative estimate of drug-likeness (QED) is 0.600. The van der Waals surface area contributed by atoms with E-state index in [9.17, 15) is 0 Å². The molecule has 0 saturated carbocycles. The van der Waals surface area contributed by atoms with Crippen LogP contribution in [0.5, 0.6) is 5.88 Å². The molecule has 7 heteroatoms. The SMILES string of the molecule is CC(C)OCCOc1cc(Cl)nc2ncnn12. The van der Waals surface area contributed by atoms with Crippen LogP contribution >= 0.6 is 11.6 Å². The van der Waals surface area contributed by atoms with Crippen molar-refractivity contribution in [2.24, 2.45) is 0 Å². The van der Waals surface area contributed by atoms with Gasteiger partial charge in [-0.15, -0.1) is 0 Å². The molecule has 17 heavy (non-hydrogen) atoms. The van der Waals surface area contributed by atoms with Crippen LogP contribution in [0.25, 0.3) is 5.78 Å². The van der Waals surface area contributed by atoms with E-state index in [0.29, 0.717) is 30.0 Å². The van der Waals surface area contributed by atoms with Crippen molar-refractivity contribution in [1.82, 2.24) is 19.6 Å². The molecule has 0 atom stereocenters. The monoisotopic (exact) mass is 256 g/mol. The second kappa shape index (κ2) is 5.29. The van der Waals surface area contributed by atoms with Crippen molar-refractivity contribution in [3.05, 3.63) is 17.5 Å². The van der Waals surface area contributed by atoms with Crippen LogP contribution in [0.4, 0.5) is 0 Å². The molecule has 0 saturated heterocycles. The van der Waals surface area contributed by atoms with E-state index in [0.717, 1.165) is 0 Å². The summed E-state index contributed by atoms with van der Waals surface area (Å²) in [4.78, 5) is 7.94. The number of ether oxygens (including phenoxy) is 2. The van der Waals surface area contributed by atoms with Crippen LogP contribution in [-0.2, 0) is 4.74 Å². The fourth-order valence-electron chi connectivity index (χ4n) is 1.29. The molecule has 0 aliphatic carbocycles. The van der Waals surface area contributed by atoms with E-state index < -0.39 is 0 Å².